The molecule has 0 aromatic carbocycles. The first-order valence-corrected chi connectivity index (χ1v) is 6.25. The molecular formula is C13H16OS. The minimum Gasteiger partial charge on any atom is -0.450 e. The topological polar surface area (TPSA) is 13.1 Å². The molecule has 3 atom stereocenters. The summed E-state index contributed by atoms with van der Waals surface area (Å²) in [6, 6.07) is 4.12. The maximum Gasteiger partial charge on any atom is 0.190 e. The monoisotopic (exact) mass is 220 g/mol. The fourth-order valence-electron chi connectivity index (χ4n) is 3.40. The molecule has 0 saturated heterocycles. The summed E-state index contributed by atoms with van der Waals surface area (Å²) in [7, 11) is 0. The van der Waals surface area contributed by atoms with Gasteiger partial charge in [-0.05, 0) is 67.9 Å². The van der Waals surface area contributed by atoms with Crippen LogP contribution in [-0.4, -0.2) is 0 Å². The zero-order valence-electron chi connectivity index (χ0n) is 9.03. The Balaban J connectivity index is 1.96. The number of aryl methyl sites for hydroxylation is 1. The summed E-state index contributed by atoms with van der Waals surface area (Å²) in [5.41, 5.74) is 1.24. The summed E-state index contributed by atoms with van der Waals surface area (Å²) in [5, 5.41) is 0. The summed E-state index contributed by atoms with van der Waals surface area (Å²) >= 11 is 5.14. The molecule has 2 aliphatic carbocycles. The predicted molar refractivity (Wildman–Crippen MR) is 62.5 cm³/mol. The van der Waals surface area contributed by atoms with E-state index in [2.05, 4.69) is 13.0 Å². The average molecular weight is 220 g/mol. The van der Waals surface area contributed by atoms with Gasteiger partial charge in [0, 0.05) is 5.92 Å². The van der Waals surface area contributed by atoms with Crippen molar-refractivity contribution in [3.63, 3.8) is 0 Å². The van der Waals surface area contributed by atoms with Gasteiger partial charge >= 0.3 is 0 Å². The van der Waals surface area contributed by atoms with E-state index in [0.29, 0.717) is 10.6 Å². The smallest absolute Gasteiger partial charge is 0.190 e. The van der Waals surface area contributed by atoms with E-state index in [0.717, 1.165) is 17.6 Å². The maximum absolute atomic E-state index is 5.71. The molecule has 2 fully saturated rings. The zero-order valence-corrected chi connectivity index (χ0v) is 9.85. The quantitative estimate of drug-likeness (QED) is 0.657. The van der Waals surface area contributed by atoms with E-state index in [1.54, 1.807) is 0 Å². The van der Waals surface area contributed by atoms with Gasteiger partial charge in [0.1, 0.15) is 5.76 Å². The highest BCUT2D eigenvalue weighted by atomic mass is 32.1. The van der Waals surface area contributed by atoms with Gasteiger partial charge in [-0.3, -0.25) is 0 Å². The van der Waals surface area contributed by atoms with Gasteiger partial charge in [0.05, 0.1) is 0 Å². The van der Waals surface area contributed by atoms with Crippen molar-refractivity contribution in [2.45, 2.75) is 38.5 Å². The molecule has 0 spiro atoms. The molecule has 15 heavy (non-hydrogen) atoms. The van der Waals surface area contributed by atoms with Crippen LogP contribution in [0.2, 0.25) is 0 Å². The van der Waals surface area contributed by atoms with Crippen LogP contribution in [0.15, 0.2) is 16.5 Å². The molecule has 3 unspecified atom stereocenters. The van der Waals surface area contributed by atoms with Gasteiger partial charge in [-0.15, -0.1) is 0 Å². The van der Waals surface area contributed by atoms with Gasteiger partial charge in [0.2, 0.25) is 0 Å². The van der Waals surface area contributed by atoms with Crippen molar-refractivity contribution >= 4 is 12.2 Å². The van der Waals surface area contributed by atoms with E-state index in [1.807, 2.05) is 6.07 Å². The van der Waals surface area contributed by atoms with Crippen molar-refractivity contribution in [1.82, 2.24) is 0 Å². The van der Waals surface area contributed by atoms with Crippen LogP contribution in [0.3, 0.4) is 0 Å². The Morgan fingerprint density at radius 1 is 1.27 bits per heavy atom. The largest absolute Gasteiger partial charge is 0.450 e. The highest BCUT2D eigenvalue weighted by molar-refractivity contribution is 7.71. The van der Waals surface area contributed by atoms with Gasteiger partial charge in [-0.25, -0.2) is 0 Å². The molecule has 3 rings (SSSR count). The fraction of sp³-hybridized carbons (Fsp3) is 0.615. The Kier molecular flexibility index (Phi) is 2.20. The molecule has 0 amide bonds. The molecule has 2 saturated carbocycles. The summed E-state index contributed by atoms with van der Waals surface area (Å²) in [6.07, 6.45) is 5.58. The van der Waals surface area contributed by atoms with Gasteiger partial charge in [0.15, 0.2) is 4.71 Å². The molecular weight excluding hydrogens is 204 g/mol. The molecule has 0 N–H and O–H groups in total. The summed E-state index contributed by atoms with van der Waals surface area (Å²) in [4.78, 5) is 0. The molecule has 0 radical (unpaired) electrons. The van der Waals surface area contributed by atoms with Crippen molar-refractivity contribution in [2.24, 2.45) is 11.8 Å². The van der Waals surface area contributed by atoms with Crippen LogP contribution in [0.5, 0.6) is 0 Å². The van der Waals surface area contributed by atoms with E-state index >= 15 is 0 Å². The van der Waals surface area contributed by atoms with Gasteiger partial charge in [-0.1, -0.05) is 6.42 Å². The number of fused-ring (bicyclic) bond motifs is 2. The van der Waals surface area contributed by atoms with Crippen LogP contribution >= 0.6 is 12.2 Å². The van der Waals surface area contributed by atoms with Crippen molar-refractivity contribution < 1.29 is 4.42 Å². The van der Waals surface area contributed by atoms with Crippen LogP contribution in [-0.2, 0) is 0 Å². The normalized spacial score (nSPS) is 33.5. The van der Waals surface area contributed by atoms with Crippen LogP contribution in [0.1, 0.15) is 42.9 Å². The first kappa shape index (κ1) is 9.59. The second-order valence-electron chi connectivity index (χ2n) is 5.14. The third kappa shape index (κ3) is 1.65. The third-order valence-electron chi connectivity index (χ3n) is 4.04. The lowest BCUT2D eigenvalue weighted by atomic mass is 9.86. The number of hydrogen-bond donors (Lipinski definition) is 0. The first-order valence-electron chi connectivity index (χ1n) is 5.84. The Labute approximate surface area is 95.5 Å². The first-order chi connectivity index (χ1) is 7.22. The SMILES string of the molecule is Cc1cc(C2CC3CCC2C3)oc(=S)c1. The second kappa shape index (κ2) is 3.44. The van der Waals surface area contributed by atoms with E-state index in [4.69, 9.17) is 16.6 Å². The van der Waals surface area contributed by atoms with Crippen LogP contribution in [0, 0.1) is 23.5 Å². The van der Waals surface area contributed by atoms with E-state index in [1.165, 1.54) is 31.2 Å². The van der Waals surface area contributed by atoms with E-state index in [9.17, 15) is 0 Å². The molecule has 2 aliphatic rings. The highest BCUT2D eigenvalue weighted by Gasteiger charge is 2.41. The third-order valence-corrected chi connectivity index (χ3v) is 4.24. The summed E-state index contributed by atoms with van der Waals surface area (Å²) in [6.45, 7) is 2.10. The molecule has 1 aromatic heterocycles. The predicted octanol–water partition coefficient (Wildman–Crippen LogP) is 4.22. The van der Waals surface area contributed by atoms with E-state index in [-0.39, 0.29) is 0 Å². The molecule has 1 nitrogen and oxygen atoms in total. The number of hydrogen-bond acceptors (Lipinski definition) is 2. The van der Waals surface area contributed by atoms with Crippen LogP contribution < -0.4 is 0 Å². The average Bonchev–Trinajstić information content (AvgIpc) is 2.76. The fourth-order valence-corrected chi connectivity index (χ4v) is 3.69. The maximum atomic E-state index is 5.71. The lowest BCUT2D eigenvalue weighted by Gasteiger charge is -2.20. The molecule has 80 valence electrons. The van der Waals surface area contributed by atoms with Crippen LogP contribution in [0.4, 0.5) is 0 Å². The Morgan fingerprint density at radius 3 is 2.73 bits per heavy atom. The standard InChI is InChI=1S/C13H16OS/c1-8-4-12(14-13(15)5-8)11-7-9-2-3-10(11)6-9/h4-5,9-11H,2-3,6-7H2,1H3. The van der Waals surface area contributed by atoms with Crippen molar-refractivity contribution in [3.8, 4) is 0 Å². The molecule has 2 heteroatoms. The molecule has 0 aliphatic heterocycles. The van der Waals surface area contributed by atoms with Crippen molar-refractivity contribution in [2.75, 3.05) is 0 Å². The molecule has 2 bridgehead atoms. The van der Waals surface area contributed by atoms with Crippen LogP contribution in [0.25, 0.3) is 0 Å². The highest BCUT2D eigenvalue weighted by Crippen LogP contribution is 2.52. The Bertz CT molecular complexity index is 434. The van der Waals surface area contributed by atoms with Crippen molar-refractivity contribution in [3.05, 3.63) is 28.2 Å². The Hall–Kier alpha value is -0.630. The summed E-state index contributed by atoms with van der Waals surface area (Å²) < 4.78 is 6.36. The lowest BCUT2D eigenvalue weighted by Crippen LogP contribution is -2.08. The van der Waals surface area contributed by atoms with E-state index < -0.39 is 0 Å². The molecule has 1 aromatic rings. The minimum atomic E-state index is 0.646. The second-order valence-corrected chi connectivity index (χ2v) is 5.54. The van der Waals surface area contributed by atoms with Gasteiger partial charge in [0.25, 0.3) is 0 Å². The number of rotatable bonds is 1. The van der Waals surface area contributed by atoms with Gasteiger partial charge < -0.3 is 4.42 Å². The van der Waals surface area contributed by atoms with Crippen molar-refractivity contribution in [1.29, 1.82) is 0 Å². The summed E-state index contributed by atoms with van der Waals surface area (Å²) in [5.74, 6) is 3.64. The lowest BCUT2D eigenvalue weighted by molar-refractivity contribution is 0.345. The molecule has 1 heterocycles. The Morgan fingerprint density at radius 2 is 2.13 bits per heavy atom. The van der Waals surface area contributed by atoms with Gasteiger partial charge in [-0.2, -0.15) is 0 Å². The minimum absolute atomic E-state index is 0.646. The zero-order chi connectivity index (χ0) is 10.4.